The van der Waals surface area contributed by atoms with Gasteiger partial charge in [-0.15, -0.1) is 0 Å². The molecule has 0 spiro atoms. The molecule has 100 valence electrons. The van der Waals surface area contributed by atoms with Crippen LogP contribution in [0.25, 0.3) is 10.8 Å². The number of aromatic nitrogens is 3. The summed E-state index contributed by atoms with van der Waals surface area (Å²) in [6, 6.07) is 9.99. The Kier molecular flexibility index (Phi) is 3.16. The molecule has 2 N–H and O–H groups in total. The number of hydrogen-bond donors (Lipinski definition) is 2. The summed E-state index contributed by atoms with van der Waals surface area (Å²) in [5.41, 5.74) is 1.89. The van der Waals surface area contributed by atoms with Crippen molar-refractivity contribution in [3.63, 3.8) is 0 Å². The highest BCUT2D eigenvalue weighted by atomic mass is 15.1. The van der Waals surface area contributed by atoms with Crippen LogP contribution < -0.4 is 10.6 Å². The predicted molar refractivity (Wildman–Crippen MR) is 81.3 cm³/mol. The van der Waals surface area contributed by atoms with E-state index in [0.29, 0.717) is 5.95 Å². The first-order valence-corrected chi connectivity index (χ1v) is 6.39. The Bertz CT molecular complexity index is 749. The molecule has 0 unspecified atom stereocenters. The average Bonchev–Trinajstić information content (AvgIpc) is 2.47. The third kappa shape index (κ3) is 2.38. The zero-order valence-electron chi connectivity index (χ0n) is 11.4. The minimum atomic E-state index is 0.603. The van der Waals surface area contributed by atoms with Crippen molar-refractivity contribution < 1.29 is 0 Å². The molecule has 2 aromatic heterocycles. The first-order valence-electron chi connectivity index (χ1n) is 6.39. The van der Waals surface area contributed by atoms with Crippen LogP contribution in [0.4, 0.5) is 17.5 Å². The number of hydrogen-bond acceptors (Lipinski definition) is 5. The average molecular weight is 265 g/mol. The second kappa shape index (κ2) is 5.13. The van der Waals surface area contributed by atoms with Crippen LogP contribution in [-0.2, 0) is 0 Å². The van der Waals surface area contributed by atoms with E-state index in [9.17, 15) is 0 Å². The summed E-state index contributed by atoms with van der Waals surface area (Å²) in [4.78, 5) is 12.9. The van der Waals surface area contributed by atoms with E-state index in [2.05, 4.69) is 31.7 Å². The normalized spacial score (nSPS) is 10.5. The minimum absolute atomic E-state index is 0.603. The number of pyridine rings is 1. The summed E-state index contributed by atoms with van der Waals surface area (Å²) in [6.45, 7) is 1.94. The van der Waals surface area contributed by atoms with Gasteiger partial charge in [0, 0.05) is 42.3 Å². The third-order valence-corrected chi connectivity index (χ3v) is 3.02. The third-order valence-electron chi connectivity index (χ3n) is 3.02. The molecule has 1 aromatic carbocycles. The molecule has 0 saturated heterocycles. The van der Waals surface area contributed by atoms with Gasteiger partial charge >= 0.3 is 0 Å². The van der Waals surface area contributed by atoms with Crippen LogP contribution in [0.1, 0.15) is 5.69 Å². The molecular formula is C15H15N5. The highest BCUT2D eigenvalue weighted by Gasteiger charge is 2.04. The molecule has 5 nitrogen and oxygen atoms in total. The smallest absolute Gasteiger partial charge is 0.224 e. The van der Waals surface area contributed by atoms with Crippen molar-refractivity contribution >= 4 is 28.2 Å². The van der Waals surface area contributed by atoms with E-state index >= 15 is 0 Å². The van der Waals surface area contributed by atoms with Gasteiger partial charge in [0.05, 0.1) is 0 Å². The molecule has 0 aliphatic heterocycles. The zero-order chi connectivity index (χ0) is 13.9. The Balaban J connectivity index is 2.03. The molecule has 5 heteroatoms. The van der Waals surface area contributed by atoms with E-state index in [1.165, 1.54) is 0 Å². The number of nitrogens with zero attached hydrogens (tertiary/aromatic N) is 3. The summed E-state index contributed by atoms with van der Waals surface area (Å²) >= 11 is 0. The van der Waals surface area contributed by atoms with Crippen molar-refractivity contribution in [3.05, 3.63) is 48.4 Å². The largest absolute Gasteiger partial charge is 0.357 e. The number of anilines is 3. The fourth-order valence-electron chi connectivity index (χ4n) is 2.10. The molecule has 0 radical (unpaired) electrons. The lowest BCUT2D eigenvalue weighted by Crippen LogP contribution is -2.02. The molecule has 2 heterocycles. The van der Waals surface area contributed by atoms with Gasteiger partial charge in [0.1, 0.15) is 5.82 Å². The second-order valence-electron chi connectivity index (χ2n) is 4.50. The van der Waals surface area contributed by atoms with E-state index in [-0.39, 0.29) is 0 Å². The SMILES string of the molecule is CNc1nc(C)cc(Nc2cccc3ccncc23)n1. The molecule has 0 fully saturated rings. The van der Waals surface area contributed by atoms with E-state index in [1.54, 1.807) is 13.2 Å². The van der Waals surface area contributed by atoms with Crippen LogP contribution in [0, 0.1) is 6.92 Å². The molecule has 3 rings (SSSR count). The van der Waals surface area contributed by atoms with Gasteiger partial charge in [-0.3, -0.25) is 4.98 Å². The summed E-state index contributed by atoms with van der Waals surface area (Å²) in [6.07, 6.45) is 3.64. The van der Waals surface area contributed by atoms with E-state index < -0.39 is 0 Å². The number of fused-ring (bicyclic) bond motifs is 1. The predicted octanol–water partition coefficient (Wildman–Crippen LogP) is 3.12. The van der Waals surface area contributed by atoms with Crippen LogP contribution in [0.2, 0.25) is 0 Å². The van der Waals surface area contributed by atoms with E-state index in [0.717, 1.165) is 28.0 Å². The number of nitrogens with one attached hydrogen (secondary N) is 2. The maximum absolute atomic E-state index is 4.40. The molecule has 0 aliphatic rings. The number of aryl methyl sites for hydroxylation is 1. The summed E-state index contributed by atoms with van der Waals surface area (Å²) in [7, 11) is 1.81. The maximum atomic E-state index is 4.40. The van der Waals surface area contributed by atoms with Crippen LogP contribution in [0.3, 0.4) is 0 Å². The van der Waals surface area contributed by atoms with Gasteiger partial charge in [-0.1, -0.05) is 12.1 Å². The fraction of sp³-hybridized carbons (Fsp3) is 0.133. The Morgan fingerprint density at radius 3 is 2.85 bits per heavy atom. The van der Waals surface area contributed by atoms with Crippen LogP contribution >= 0.6 is 0 Å². The second-order valence-corrected chi connectivity index (χ2v) is 4.50. The fourth-order valence-corrected chi connectivity index (χ4v) is 2.10. The van der Waals surface area contributed by atoms with Gasteiger partial charge in [-0.2, -0.15) is 4.98 Å². The van der Waals surface area contributed by atoms with Crippen LogP contribution in [-0.4, -0.2) is 22.0 Å². The van der Waals surface area contributed by atoms with Gasteiger partial charge in [0.2, 0.25) is 5.95 Å². The van der Waals surface area contributed by atoms with Gasteiger partial charge in [-0.25, -0.2) is 4.98 Å². The Morgan fingerprint density at radius 2 is 2.00 bits per heavy atom. The van der Waals surface area contributed by atoms with Crippen molar-refractivity contribution in [1.82, 2.24) is 15.0 Å². The van der Waals surface area contributed by atoms with Gasteiger partial charge < -0.3 is 10.6 Å². The summed E-state index contributed by atoms with van der Waals surface area (Å²) in [5.74, 6) is 1.36. The standard InChI is InChI=1S/C15H15N5/c1-10-8-14(20-15(16-2)18-10)19-13-5-3-4-11-6-7-17-9-12(11)13/h3-9H,1-2H3,(H2,16,18,19,20). The lowest BCUT2D eigenvalue weighted by molar-refractivity contribution is 1.10. The zero-order valence-corrected chi connectivity index (χ0v) is 11.4. The van der Waals surface area contributed by atoms with Crippen molar-refractivity contribution in [2.75, 3.05) is 17.7 Å². The van der Waals surface area contributed by atoms with Gasteiger partial charge in [-0.05, 0) is 24.4 Å². The van der Waals surface area contributed by atoms with Crippen LogP contribution in [0.5, 0.6) is 0 Å². The lowest BCUT2D eigenvalue weighted by atomic mass is 10.1. The molecule has 0 atom stereocenters. The molecule has 0 amide bonds. The highest BCUT2D eigenvalue weighted by Crippen LogP contribution is 2.25. The van der Waals surface area contributed by atoms with Crippen molar-refractivity contribution in [1.29, 1.82) is 0 Å². The maximum Gasteiger partial charge on any atom is 0.224 e. The van der Waals surface area contributed by atoms with Crippen LogP contribution in [0.15, 0.2) is 42.7 Å². The van der Waals surface area contributed by atoms with Crippen molar-refractivity contribution in [2.24, 2.45) is 0 Å². The highest BCUT2D eigenvalue weighted by molar-refractivity contribution is 5.94. The van der Waals surface area contributed by atoms with E-state index in [1.807, 2.05) is 37.4 Å². The number of rotatable bonds is 3. The first kappa shape index (κ1) is 12.3. The topological polar surface area (TPSA) is 62.7 Å². The molecule has 0 aliphatic carbocycles. The molecule has 0 bridgehead atoms. The van der Waals surface area contributed by atoms with Crippen molar-refractivity contribution in [3.8, 4) is 0 Å². The minimum Gasteiger partial charge on any atom is -0.357 e. The van der Waals surface area contributed by atoms with E-state index in [4.69, 9.17) is 0 Å². The number of benzene rings is 1. The molecule has 3 aromatic rings. The lowest BCUT2D eigenvalue weighted by Gasteiger charge is -2.10. The molecule has 0 saturated carbocycles. The van der Waals surface area contributed by atoms with Crippen molar-refractivity contribution in [2.45, 2.75) is 6.92 Å². The van der Waals surface area contributed by atoms with Gasteiger partial charge in [0.25, 0.3) is 0 Å². The molecular weight excluding hydrogens is 250 g/mol. The Morgan fingerprint density at radius 1 is 1.10 bits per heavy atom. The monoisotopic (exact) mass is 265 g/mol. The van der Waals surface area contributed by atoms with Gasteiger partial charge in [0.15, 0.2) is 0 Å². The first-order chi connectivity index (χ1) is 9.76. The summed E-state index contributed by atoms with van der Waals surface area (Å²) in [5, 5.41) is 8.50. The Labute approximate surface area is 117 Å². The summed E-state index contributed by atoms with van der Waals surface area (Å²) < 4.78 is 0. The quantitative estimate of drug-likeness (QED) is 0.761. The Hall–Kier alpha value is -2.69. The molecule has 20 heavy (non-hydrogen) atoms.